The highest BCUT2D eigenvalue weighted by molar-refractivity contribution is 8.00. The lowest BCUT2D eigenvalue weighted by molar-refractivity contribution is 0.516. The predicted octanol–water partition coefficient (Wildman–Crippen LogP) is 4.22. The molecule has 0 aliphatic heterocycles. The van der Waals surface area contributed by atoms with Gasteiger partial charge in [0.15, 0.2) is 0 Å². The first-order valence-corrected chi connectivity index (χ1v) is 7.21. The smallest absolute Gasteiger partial charge is 0.0462 e. The molecule has 1 aromatic carbocycles. The van der Waals surface area contributed by atoms with Crippen LogP contribution in [0.15, 0.2) is 23.1 Å². The second kappa shape index (κ2) is 5.95. The van der Waals surface area contributed by atoms with Crippen molar-refractivity contribution >= 4 is 23.4 Å². The fourth-order valence-electron chi connectivity index (χ4n) is 2.21. The first kappa shape index (κ1) is 12.3. The Morgan fingerprint density at radius 3 is 2.69 bits per heavy atom. The van der Waals surface area contributed by atoms with E-state index in [1.165, 1.54) is 37.0 Å². The van der Waals surface area contributed by atoms with Crippen LogP contribution in [0, 0.1) is 0 Å². The van der Waals surface area contributed by atoms with Gasteiger partial charge in [0.1, 0.15) is 0 Å². The number of hydrogen-bond acceptors (Lipinski definition) is 2. The van der Waals surface area contributed by atoms with Gasteiger partial charge in [-0.2, -0.15) is 0 Å². The summed E-state index contributed by atoms with van der Waals surface area (Å²) in [6.45, 7) is 0.536. The van der Waals surface area contributed by atoms with Crippen molar-refractivity contribution in [3.63, 3.8) is 0 Å². The molecule has 1 aliphatic carbocycles. The van der Waals surface area contributed by atoms with Gasteiger partial charge in [0.2, 0.25) is 0 Å². The van der Waals surface area contributed by atoms with Crippen LogP contribution in [0.1, 0.15) is 37.7 Å². The summed E-state index contributed by atoms with van der Waals surface area (Å²) in [5.74, 6) is 0. The van der Waals surface area contributed by atoms with Crippen molar-refractivity contribution in [2.75, 3.05) is 0 Å². The molecule has 2 N–H and O–H groups in total. The zero-order chi connectivity index (χ0) is 11.4. The zero-order valence-electron chi connectivity index (χ0n) is 9.42. The van der Waals surface area contributed by atoms with Gasteiger partial charge in [-0.25, -0.2) is 0 Å². The second-order valence-corrected chi connectivity index (χ2v) is 6.05. The molecule has 1 saturated carbocycles. The number of rotatable bonds is 3. The lowest BCUT2D eigenvalue weighted by Gasteiger charge is -2.22. The quantitative estimate of drug-likeness (QED) is 0.875. The van der Waals surface area contributed by atoms with Crippen molar-refractivity contribution in [1.29, 1.82) is 0 Å². The van der Waals surface area contributed by atoms with Crippen molar-refractivity contribution in [2.24, 2.45) is 5.73 Å². The van der Waals surface area contributed by atoms with E-state index >= 15 is 0 Å². The van der Waals surface area contributed by atoms with E-state index in [1.54, 1.807) is 0 Å². The molecule has 1 fully saturated rings. The molecular formula is C13H18ClNS. The Morgan fingerprint density at radius 2 is 2.00 bits per heavy atom. The summed E-state index contributed by atoms with van der Waals surface area (Å²) in [7, 11) is 0. The minimum Gasteiger partial charge on any atom is -0.326 e. The average molecular weight is 256 g/mol. The molecule has 0 bridgehead atoms. The van der Waals surface area contributed by atoms with Gasteiger partial charge in [-0.05, 0) is 30.5 Å². The third-order valence-electron chi connectivity index (χ3n) is 3.13. The van der Waals surface area contributed by atoms with Crippen LogP contribution in [0.2, 0.25) is 5.02 Å². The van der Waals surface area contributed by atoms with Gasteiger partial charge in [0, 0.05) is 21.7 Å². The molecule has 0 heterocycles. The monoisotopic (exact) mass is 255 g/mol. The van der Waals surface area contributed by atoms with Crippen LogP contribution in [-0.2, 0) is 6.54 Å². The average Bonchev–Trinajstić information content (AvgIpc) is 2.31. The van der Waals surface area contributed by atoms with Crippen LogP contribution in [0.5, 0.6) is 0 Å². The topological polar surface area (TPSA) is 26.0 Å². The van der Waals surface area contributed by atoms with E-state index in [1.807, 2.05) is 23.9 Å². The molecular weight excluding hydrogens is 238 g/mol. The molecule has 0 spiro atoms. The summed E-state index contributed by atoms with van der Waals surface area (Å²) < 4.78 is 0. The summed E-state index contributed by atoms with van der Waals surface area (Å²) in [6.07, 6.45) is 6.81. The molecule has 0 saturated heterocycles. The lowest BCUT2D eigenvalue weighted by atomic mass is 10.0. The predicted molar refractivity (Wildman–Crippen MR) is 72.1 cm³/mol. The van der Waals surface area contributed by atoms with E-state index in [4.69, 9.17) is 17.3 Å². The zero-order valence-corrected chi connectivity index (χ0v) is 11.0. The van der Waals surface area contributed by atoms with Gasteiger partial charge >= 0.3 is 0 Å². The molecule has 0 atom stereocenters. The summed E-state index contributed by atoms with van der Waals surface area (Å²) in [5, 5.41) is 1.57. The molecule has 1 nitrogen and oxygen atoms in total. The standard InChI is InChI=1S/C13H18ClNS/c14-12-7-4-8-13(11(12)9-15)16-10-5-2-1-3-6-10/h4,7-8,10H,1-3,5-6,9,15H2. The number of nitrogens with two attached hydrogens (primary N) is 1. The fourth-order valence-corrected chi connectivity index (χ4v) is 3.94. The van der Waals surface area contributed by atoms with E-state index in [0.717, 1.165) is 15.8 Å². The van der Waals surface area contributed by atoms with Crippen LogP contribution in [0.3, 0.4) is 0 Å². The van der Waals surface area contributed by atoms with Crippen molar-refractivity contribution < 1.29 is 0 Å². The molecule has 16 heavy (non-hydrogen) atoms. The highest BCUT2D eigenvalue weighted by atomic mass is 35.5. The number of hydrogen-bond donors (Lipinski definition) is 1. The van der Waals surface area contributed by atoms with Crippen LogP contribution in [0.4, 0.5) is 0 Å². The molecule has 1 aliphatic rings. The summed E-state index contributed by atoms with van der Waals surface area (Å²) in [6, 6.07) is 6.09. The van der Waals surface area contributed by atoms with Gasteiger partial charge in [0.25, 0.3) is 0 Å². The number of thioether (sulfide) groups is 1. The van der Waals surface area contributed by atoms with E-state index in [2.05, 4.69) is 6.07 Å². The maximum absolute atomic E-state index is 6.15. The molecule has 0 unspecified atom stereocenters. The molecule has 3 heteroatoms. The minimum absolute atomic E-state index is 0.536. The Morgan fingerprint density at radius 1 is 1.25 bits per heavy atom. The maximum Gasteiger partial charge on any atom is 0.0462 e. The van der Waals surface area contributed by atoms with Crippen molar-refractivity contribution in [2.45, 2.75) is 48.8 Å². The van der Waals surface area contributed by atoms with Crippen LogP contribution in [0.25, 0.3) is 0 Å². The largest absolute Gasteiger partial charge is 0.326 e. The van der Waals surface area contributed by atoms with E-state index in [-0.39, 0.29) is 0 Å². The van der Waals surface area contributed by atoms with Crippen LogP contribution >= 0.6 is 23.4 Å². The Bertz CT molecular complexity index is 348. The Kier molecular flexibility index (Phi) is 4.56. The molecule has 0 amide bonds. The number of benzene rings is 1. The van der Waals surface area contributed by atoms with E-state index in [9.17, 15) is 0 Å². The first-order chi connectivity index (χ1) is 7.81. The SMILES string of the molecule is NCc1c(Cl)cccc1SC1CCCCC1. The van der Waals surface area contributed by atoms with Crippen molar-refractivity contribution in [3.8, 4) is 0 Å². The highest BCUT2D eigenvalue weighted by Crippen LogP contribution is 2.36. The Labute approximate surface area is 107 Å². The summed E-state index contributed by atoms with van der Waals surface area (Å²) >= 11 is 8.12. The number of halogens is 1. The van der Waals surface area contributed by atoms with Crippen molar-refractivity contribution in [1.82, 2.24) is 0 Å². The van der Waals surface area contributed by atoms with E-state index in [0.29, 0.717) is 6.54 Å². The fraction of sp³-hybridized carbons (Fsp3) is 0.538. The lowest BCUT2D eigenvalue weighted by Crippen LogP contribution is -2.09. The minimum atomic E-state index is 0.536. The third-order valence-corrected chi connectivity index (χ3v) is 4.92. The normalized spacial score (nSPS) is 17.6. The third kappa shape index (κ3) is 2.93. The summed E-state index contributed by atoms with van der Waals surface area (Å²) in [4.78, 5) is 1.28. The molecule has 2 rings (SSSR count). The molecule has 0 aromatic heterocycles. The first-order valence-electron chi connectivity index (χ1n) is 5.95. The van der Waals surface area contributed by atoms with Crippen molar-refractivity contribution in [3.05, 3.63) is 28.8 Å². The Balaban J connectivity index is 2.10. The summed E-state index contributed by atoms with van der Waals surface area (Å²) in [5.41, 5.74) is 6.87. The molecule has 1 aromatic rings. The van der Waals surface area contributed by atoms with E-state index < -0.39 is 0 Å². The molecule has 88 valence electrons. The second-order valence-electron chi connectivity index (χ2n) is 4.30. The Hall–Kier alpha value is -0.180. The highest BCUT2D eigenvalue weighted by Gasteiger charge is 2.16. The van der Waals surface area contributed by atoms with Gasteiger partial charge in [-0.3, -0.25) is 0 Å². The van der Waals surface area contributed by atoms with Gasteiger partial charge in [0.05, 0.1) is 0 Å². The van der Waals surface area contributed by atoms with Gasteiger partial charge in [-0.1, -0.05) is 36.9 Å². The molecule has 0 radical (unpaired) electrons. The maximum atomic E-state index is 6.15. The van der Waals surface area contributed by atoms with Gasteiger partial charge < -0.3 is 5.73 Å². The van der Waals surface area contributed by atoms with Crippen LogP contribution in [-0.4, -0.2) is 5.25 Å². The van der Waals surface area contributed by atoms with Crippen LogP contribution < -0.4 is 5.73 Å². The van der Waals surface area contributed by atoms with Gasteiger partial charge in [-0.15, -0.1) is 11.8 Å².